The topological polar surface area (TPSA) is 100 Å². The number of amides is 1. The molecule has 1 fully saturated rings. The molecule has 0 aliphatic carbocycles. The molecular weight excluding hydrogens is 464 g/mol. The van der Waals surface area contributed by atoms with Gasteiger partial charge in [-0.15, -0.1) is 6.42 Å². The Labute approximate surface area is 203 Å². The average Bonchev–Trinajstić information content (AvgIpc) is 3.33. The average molecular weight is 487 g/mol. The summed E-state index contributed by atoms with van der Waals surface area (Å²) in [5.41, 5.74) is 3.68. The van der Waals surface area contributed by atoms with Gasteiger partial charge in [0, 0.05) is 60.3 Å². The van der Waals surface area contributed by atoms with Gasteiger partial charge in [-0.25, -0.2) is 8.42 Å². The highest BCUT2D eigenvalue weighted by Crippen LogP contribution is 2.24. The minimum Gasteiger partial charge on any atom is -0.619 e. The molecular formula is C26H22N4O4S. The van der Waals surface area contributed by atoms with Gasteiger partial charge in [0.05, 0.1) is 0 Å². The molecule has 0 saturated carbocycles. The Kier molecular flexibility index (Phi) is 5.76. The van der Waals surface area contributed by atoms with E-state index in [1.807, 2.05) is 12.1 Å². The Morgan fingerprint density at radius 3 is 2.26 bits per heavy atom. The lowest BCUT2D eigenvalue weighted by Gasteiger charge is -2.33. The summed E-state index contributed by atoms with van der Waals surface area (Å²) in [5, 5.41) is 12.1. The molecule has 3 heterocycles. The molecule has 0 unspecified atom stereocenters. The molecule has 2 aromatic carbocycles. The van der Waals surface area contributed by atoms with Gasteiger partial charge in [0.25, 0.3) is 15.9 Å². The van der Waals surface area contributed by atoms with Gasteiger partial charge in [-0.05, 0) is 47.5 Å². The Bertz CT molecular complexity index is 1540. The van der Waals surface area contributed by atoms with E-state index >= 15 is 0 Å². The number of rotatable bonds is 4. The third-order valence-electron chi connectivity index (χ3n) is 6.17. The predicted octanol–water partition coefficient (Wildman–Crippen LogP) is 2.60. The number of benzene rings is 2. The summed E-state index contributed by atoms with van der Waals surface area (Å²) in [7, 11) is -3.73. The maximum Gasteiger partial charge on any atom is 0.258 e. The van der Waals surface area contributed by atoms with Crippen molar-refractivity contribution in [2.24, 2.45) is 0 Å². The highest BCUT2D eigenvalue weighted by Gasteiger charge is 2.31. The van der Waals surface area contributed by atoms with Gasteiger partial charge in [0.1, 0.15) is 5.03 Å². The second-order valence-electron chi connectivity index (χ2n) is 8.30. The molecule has 1 N–H and O–H groups in total. The van der Waals surface area contributed by atoms with Crippen LogP contribution in [0.15, 0.2) is 78.1 Å². The van der Waals surface area contributed by atoms with E-state index < -0.39 is 10.0 Å². The second kappa shape index (κ2) is 8.91. The van der Waals surface area contributed by atoms with Crippen LogP contribution in [0.5, 0.6) is 0 Å². The van der Waals surface area contributed by atoms with E-state index in [2.05, 4.69) is 10.9 Å². The molecule has 0 spiro atoms. The van der Waals surface area contributed by atoms with E-state index in [0.29, 0.717) is 34.5 Å². The predicted molar refractivity (Wildman–Crippen MR) is 132 cm³/mol. The Morgan fingerprint density at radius 1 is 0.943 bits per heavy atom. The van der Waals surface area contributed by atoms with Crippen LogP contribution >= 0.6 is 0 Å². The largest absolute Gasteiger partial charge is 0.619 e. The number of nitrogens with one attached hydrogen (secondary N) is 1. The highest BCUT2D eigenvalue weighted by molar-refractivity contribution is 7.89. The monoisotopic (exact) mass is 486 g/mol. The SMILES string of the molecule is C#Cc1ccc2[nH]c(S(=O)(=O)N3CCN(C(=O)c4ccc(-c5cc[n+]([O-])cc5)cc4)CC3)cc2c1. The second-order valence-corrected chi connectivity index (χ2v) is 10.2. The lowest BCUT2D eigenvalue weighted by Crippen LogP contribution is -2.50. The molecule has 5 rings (SSSR count). The van der Waals surface area contributed by atoms with Crippen molar-refractivity contribution in [3.8, 4) is 23.5 Å². The van der Waals surface area contributed by atoms with Crippen LogP contribution in [-0.4, -0.2) is 54.7 Å². The molecule has 0 atom stereocenters. The zero-order valence-corrected chi connectivity index (χ0v) is 19.5. The first-order valence-electron chi connectivity index (χ1n) is 11.0. The minimum absolute atomic E-state index is 0.112. The normalized spacial score (nSPS) is 14.7. The molecule has 4 aromatic rings. The third kappa shape index (κ3) is 4.37. The molecule has 35 heavy (non-hydrogen) atoms. The van der Waals surface area contributed by atoms with Gasteiger partial charge in [-0.1, -0.05) is 18.1 Å². The van der Waals surface area contributed by atoms with Crippen LogP contribution in [0.1, 0.15) is 15.9 Å². The van der Waals surface area contributed by atoms with Gasteiger partial charge in [0.2, 0.25) is 0 Å². The number of H-pyrrole nitrogens is 1. The fourth-order valence-corrected chi connectivity index (χ4v) is 5.64. The number of sulfonamides is 1. The number of pyridine rings is 1. The van der Waals surface area contributed by atoms with Crippen LogP contribution in [0.4, 0.5) is 0 Å². The zero-order chi connectivity index (χ0) is 24.6. The van der Waals surface area contributed by atoms with E-state index in [1.165, 1.54) is 16.7 Å². The van der Waals surface area contributed by atoms with E-state index in [4.69, 9.17) is 6.42 Å². The fraction of sp³-hybridized carbons (Fsp3) is 0.154. The van der Waals surface area contributed by atoms with Crippen molar-refractivity contribution in [3.63, 3.8) is 0 Å². The number of nitrogens with zero attached hydrogens (tertiary/aromatic N) is 3. The van der Waals surface area contributed by atoms with E-state index in [9.17, 15) is 18.4 Å². The van der Waals surface area contributed by atoms with Crippen molar-refractivity contribution in [1.29, 1.82) is 0 Å². The van der Waals surface area contributed by atoms with Crippen molar-refractivity contribution in [1.82, 2.24) is 14.2 Å². The lowest BCUT2D eigenvalue weighted by molar-refractivity contribution is -0.605. The van der Waals surface area contributed by atoms with Crippen molar-refractivity contribution in [2.45, 2.75) is 5.03 Å². The first kappa shape index (κ1) is 22.7. The molecule has 0 bridgehead atoms. The highest BCUT2D eigenvalue weighted by atomic mass is 32.2. The number of carbonyl (C=O) groups excluding carboxylic acids is 1. The number of carbonyl (C=O) groups is 1. The molecule has 176 valence electrons. The van der Waals surface area contributed by atoms with Gasteiger partial charge < -0.3 is 15.1 Å². The number of piperazine rings is 1. The quantitative estimate of drug-likeness (QED) is 0.272. The van der Waals surface area contributed by atoms with Crippen molar-refractivity contribution in [3.05, 3.63) is 89.4 Å². The summed E-state index contributed by atoms with van der Waals surface area (Å²) in [6, 6.07) is 17.5. The number of hydrogen-bond acceptors (Lipinski definition) is 4. The zero-order valence-electron chi connectivity index (χ0n) is 18.7. The first-order valence-corrected chi connectivity index (χ1v) is 12.5. The first-order chi connectivity index (χ1) is 16.8. The molecule has 2 aromatic heterocycles. The molecule has 1 amide bonds. The Hall–Kier alpha value is -4.13. The maximum atomic E-state index is 13.2. The van der Waals surface area contributed by atoms with Crippen LogP contribution in [0.2, 0.25) is 0 Å². The third-order valence-corrected chi connectivity index (χ3v) is 7.99. The number of aromatic amines is 1. The molecule has 9 heteroatoms. The van der Waals surface area contributed by atoms with Crippen molar-refractivity contribution in [2.75, 3.05) is 26.2 Å². The fourth-order valence-electron chi connectivity index (χ4n) is 4.20. The maximum absolute atomic E-state index is 13.2. The smallest absolute Gasteiger partial charge is 0.258 e. The summed E-state index contributed by atoms with van der Waals surface area (Å²) in [6.45, 7) is 1.000. The summed E-state index contributed by atoms with van der Waals surface area (Å²) in [5.74, 6) is 2.40. The lowest BCUT2D eigenvalue weighted by atomic mass is 10.0. The molecule has 0 radical (unpaired) electrons. The number of terminal acetylenes is 1. The standard InChI is InChI=1S/C26H22N4O4S/c1-2-19-3-8-24-23(17-19)18-25(27-24)35(33,34)30-15-13-28(14-16-30)26(31)22-6-4-20(5-7-22)21-9-11-29(32)12-10-21/h1,3-12,17-18,27H,13-16H2. The van der Waals surface area contributed by atoms with Gasteiger partial charge >= 0.3 is 0 Å². The number of fused-ring (bicyclic) bond motifs is 1. The minimum atomic E-state index is -3.73. The van der Waals surface area contributed by atoms with Crippen molar-refractivity contribution >= 4 is 26.8 Å². The van der Waals surface area contributed by atoms with E-state index in [1.54, 1.807) is 53.4 Å². The van der Waals surface area contributed by atoms with E-state index in [-0.39, 0.29) is 24.0 Å². The van der Waals surface area contributed by atoms with Crippen LogP contribution < -0.4 is 4.73 Å². The summed E-state index contributed by atoms with van der Waals surface area (Å²) < 4.78 is 28.5. The van der Waals surface area contributed by atoms with Crippen LogP contribution in [0.25, 0.3) is 22.0 Å². The van der Waals surface area contributed by atoms with Gasteiger partial charge in [-0.2, -0.15) is 9.04 Å². The summed E-state index contributed by atoms with van der Waals surface area (Å²) in [4.78, 5) is 17.6. The van der Waals surface area contributed by atoms with Gasteiger partial charge in [0.15, 0.2) is 12.4 Å². The number of hydrogen-bond donors (Lipinski definition) is 1. The van der Waals surface area contributed by atoms with Crippen LogP contribution in [0.3, 0.4) is 0 Å². The summed E-state index contributed by atoms with van der Waals surface area (Å²) in [6.07, 6.45) is 8.28. The molecule has 1 aliphatic heterocycles. The molecule has 1 saturated heterocycles. The number of aromatic nitrogens is 2. The van der Waals surface area contributed by atoms with Crippen LogP contribution in [-0.2, 0) is 10.0 Å². The molecule has 1 aliphatic rings. The van der Waals surface area contributed by atoms with E-state index in [0.717, 1.165) is 16.5 Å². The Morgan fingerprint density at radius 2 is 1.60 bits per heavy atom. The van der Waals surface area contributed by atoms with Crippen LogP contribution in [0, 0.1) is 17.6 Å². The summed E-state index contributed by atoms with van der Waals surface area (Å²) >= 11 is 0. The van der Waals surface area contributed by atoms with Crippen molar-refractivity contribution < 1.29 is 17.9 Å². The molecule has 8 nitrogen and oxygen atoms in total. The van der Waals surface area contributed by atoms with Gasteiger partial charge in [-0.3, -0.25) is 4.79 Å². The Balaban J connectivity index is 1.26.